The number of hydrogen-bond donors (Lipinski definition) is 3. The Bertz CT molecular complexity index is 574. The summed E-state index contributed by atoms with van der Waals surface area (Å²) < 4.78 is 0. The number of hydrogen-bond acceptors (Lipinski definition) is 3. The first-order valence-corrected chi connectivity index (χ1v) is 5.32. The molecule has 2 aromatic carbocycles. The highest BCUT2D eigenvalue weighted by molar-refractivity contribution is 5.78. The van der Waals surface area contributed by atoms with Crippen molar-refractivity contribution >= 4 is 0 Å². The molecule has 0 aromatic heterocycles. The Hall–Kier alpha value is -2.16. The number of aryl methyl sites for hydroxylation is 2. The van der Waals surface area contributed by atoms with Crippen LogP contribution >= 0.6 is 0 Å². The van der Waals surface area contributed by atoms with Gasteiger partial charge >= 0.3 is 0 Å². The minimum atomic E-state index is -0.217. The van der Waals surface area contributed by atoms with E-state index in [1.54, 1.807) is 24.3 Å². The summed E-state index contributed by atoms with van der Waals surface area (Å²) in [6, 6.07) is 8.11. The van der Waals surface area contributed by atoms with Crippen molar-refractivity contribution in [3.05, 3.63) is 41.5 Å². The predicted molar refractivity (Wildman–Crippen MR) is 66.3 cm³/mol. The lowest BCUT2D eigenvalue weighted by molar-refractivity contribution is 0.404. The monoisotopic (exact) mass is 230 g/mol. The van der Waals surface area contributed by atoms with E-state index in [2.05, 4.69) is 0 Å². The molecule has 0 aliphatic heterocycles. The van der Waals surface area contributed by atoms with Gasteiger partial charge in [0.2, 0.25) is 0 Å². The second-order valence-corrected chi connectivity index (χ2v) is 4.13. The van der Waals surface area contributed by atoms with Crippen LogP contribution in [-0.2, 0) is 0 Å². The van der Waals surface area contributed by atoms with Crippen LogP contribution in [0.3, 0.4) is 0 Å². The van der Waals surface area contributed by atoms with Gasteiger partial charge in [0, 0.05) is 11.1 Å². The van der Waals surface area contributed by atoms with E-state index in [9.17, 15) is 15.3 Å². The van der Waals surface area contributed by atoms with Gasteiger partial charge in [0.15, 0.2) is 11.5 Å². The van der Waals surface area contributed by atoms with Crippen molar-refractivity contribution in [3.8, 4) is 28.4 Å². The summed E-state index contributed by atoms with van der Waals surface area (Å²) >= 11 is 0. The Morgan fingerprint density at radius 2 is 1.41 bits per heavy atom. The van der Waals surface area contributed by atoms with Crippen LogP contribution in [0.1, 0.15) is 11.1 Å². The fourth-order valence-electron chi connectivity index (χ4n) is 1.77. The molecule has 17 heavy (non-hydrogen) atoms. The molecule has 3 N–H and O–H groups in total. The minimum Gasteiger partial charge on any atom is -0.507 e. The summed E-state index contributed by atoms with van der Waals surface area (Å²) in [5.41, 5.74) is 2.93. The van der Waals surface area contributed by atoms with Crippen molar-refractivity contribution in [2.24, 2.45) is 0 Å². The third kappa shape index (κ3) is 1.91. The molecule has 0 bridgehead atoms. The van der Waals surface area contributed by atoms with Gasteiger partial charge in [-0.1, -0.05) is 12.1 Å². The summed E-state index contributed by atoms with van der Waals surface area (Å²) in [6.45, 7) is 3.83. The van der Waals surface area contributed by atoms with Gasteiger partial charge in [-0.3, -0.25) is 0 Å². The molecule has 0 saturated carbocycles. The molecule has 0 unspecified atom stereocenters. The maximum Gasteiger partial charge on any atom is 0.165 e. The maximum atomic E-state index is 9.89. The van der Waals surface area contributed by atoms with E-state index in [-0.39, 0.29) is 17.2 Å². The van der Waals surface area contributed by atoms with Gasteiger partial charge in [0.1, 0.15) is 5.75 Å². The zero-order valence-corrected chi connectivity index (χ0v) is 9.73. The van der Waals surface area contributed by atoms with Crippen LogP contribution in [0.15, 0.2) is 30.3 Å². The zero-order valence-electron chi connectivity index (χ0n) is 9.73. The molecule has 0 saturated heterocycles. The molecule has 3 nitrogen and oxygen atoms in total. The molecule has 2 rings (SSSR count). The normalized spacial score (nSPS) is 10.5. The quantitative estimate of drug-likeness (QED) is 0.660. The van der Waals surface area contributed by atoms with Gasteiger partial charge in [-0.25, -0.2) is 0 Å². The first kappa shape index (κ1) is 11.3. The third-order valence-electron chi connectivity index (χ3n) is 2.92. The van der Waals surface area contributed by atoms with E-state index >= 15 is 0 Å². The first-order chi connectivity index (χ1) is 8.00. The van der Waals surface area contributed by atoms with Crippen LogP contribution in [0.2, 0.25) is 0 Å². The summed E-state index contributed by atoms with van der Waals surface area (Å²) in [7, 11) is 0. The Morgan fingerprint density at radius 1 is 0.765 bits per heavy atom. The molecular weight excluding hydrogens is 216 g/mol. The molecule has 2 aromatic rings. The summed E-state index contributed by atoms with van der Waals surface area (Å²) in [5, 5.41) is 29.1. The van der Waals surface area contributed by atoms with Gasteiger partial charge in [-0.2, -0.15) is 0 Å². The van der Waals surface area contributed by atoms with Crippen molar-refractivity contribution in [2.45, 2.75) is 13.8 Å². The van der Waals surface area contributed by atoms with Crippen LogP contribution in [0.25, 0.3) is 11.1 Å². The van der Waals surface area contributed by atoms with Gasteiger partial charge in [0.25, 0.3) is 0 Å². The number of phenolic OH excluding ortho intramolecular Hbond substituents is 3. The topological polar surface area (TPSA) is 60.7 Å². The van der Waals surface area contributed by atoms with E-state index in [1.165, 1.54) is 6.07 Å². The maximum absolute atomic E-state index is 9.89. The lowest BCUT2D eigenvalue weighted by atomic mass is 9.98. The van der Waals surface area contributed by atoms with E-state index in [1.807, 2.05) is 13.8 Å². The van der Waals surface area contributed by atoms with Crippen molar-refractivity contribution in [1.29, 1.82) is 0 Å². The Morgan fingerprint density at radius 3 is 2.12 bits per heavy atom. The molecule has 0 aliphatic rings. The molecule has 0 radical (unpaired) electrons. The van der Waals surface area contributed by atoms with E-state index in [0.717, 1.165) is 11.1 Å². The highest BCUT2D eigenvalue weighted by Crippen LogP contribution is 2.40. The molecule has 0 atom stereocenters. The highest BCUT2D eigenvalue weighted by atomic mass is 16.3. The number of aromatic hydroxyl groups is 3. The molecule has 0 fully saturated rings. The van der Waals surface area contributed by atoms with Crippen LogP contribution in [0, 0.1) is 13.8 Å². The number of rotatable bonds is 1. The van der Waals surface area contributed by atoms with Crippen molar-refractivity contribution < 1.29 is 15.3 Å². The second-order valence-electron chi connectivity index (χ2n) is 4.13. The smallest absolute Gasteiger partial charge is 0.165 e. The average molecular weight is 230 g/mol. The number of phenols is 3. The van der Waals surface area contributed by atoms with Gasteiger partial charge < -0.3 is 15.3 Å². The van der Waals surface area contributed by atoms with Gasteiger partial charge in [0.05, 0.1) is 0 Å². The molecule has 3 heteroatoms. The fraction of sp³-hybridized carbons (Fsp3) is 0.143. The lowest BCUT2D eigenvalue weighted by Crippen LogP contribution is -1.86. The largest absolute Gasteiger partial charge is 0.507 e. The van der Waals surface area contributed by atoms with Crippen molar-refractivity contribution in [3.63, 3.8) is 0 Å². The molecular formula is C14H14O3. The van der Waals surface area contributed by atoms with Gasteiger partial charge in [-0.05, 0) is 43.2 Å². The molecule has 0 aliphatic carbocycles. The van der Waals surface area contributed by atoms with E-state index in [4.69, 9.17) is 0 Å². The summed E-state index contributed by atoms with van der Waals surface area (Å²) in [5.74, 6) is -0.319. The average Bonchev–Trinajstić information content (AvgIpc) is 2.28. The number of benzene rings is 2. The third-order valence-corrected chi connectivity index (χ3v) is 2.92. The van der Waals surface area contributed by atoms with Crippen molar-refractivity contribution in [2.75, 3.05) is 0 Å². The van der Waals surface area contributed by atoms with Gasteiger partial charge in [-0.15, -0.1) is 0 Å². The summed E-state index contributed by atoms with van der Waals surface area (Å²) in [4.78, 5) is 0. The van der Waals surface area contributed by atoms with Crippen LogP contribution in [-0.4, -0.2) is 15.3 Å². The lowest BCUT2D eigenvalue weighted by Gasteiger charge is -2.10. The minimum absolute atomic E-state index is 0.0917. The van der Waals surface area contributed by atoms with E-state index < -0.39 is 0 Å². The highest BCUT2D eigenvalue weighted by Gasteiger charge is 2.12. The molecule has 0 heterocycles. The first-order valence-electron chi connectivity index (χ1n) is 5.32. The molecule has 88 valence electrons. The SMILES string of the molecule is Cc1cc(O)c(-c2cccc(O)c2O)cc1C. The predicted octanol–water partition coefficient (Wildman–Crippen LogP) is 3.09. The van der Waals surface area contributed by atoms with Crippen LogP contribution in [0.5, 0.6) is 17.2 Å². The Labute approximate surface area is 99.6 Å². The van der Waals surface area contributed by atoms with E-state index in [0.29, 0.717) is 11.1 Å². The summed E-state index contributed by atoms with van der Waals surface area (Å²) in [6.07, 6.45) is 0. The standard InChI is InChI=1S/C14H14O3/c1-8-6-11(13(16)7-9(8)2)10-4-3-5-12(15)14(10)17/h3-7,15-17H,1-2H3. The second kappa shape index (κ2) is 4.01. The molecule has 0 spiro atoms. The van der Waals surface area contributed by atoms with Crippen molar-refractivity contribution in [1.82, 2.24) is 0 Å². The zero-order chi connectivity index (χ0) is 12.6. The number of para-hydroxylation sites is 1. The van der Waals surface area contributed by atoms with Crippen LogP contribution < -0.4 is 0 Å². The molecule has 0 amide bonds. The fourth-order valence-corrected chi connectivity index (χ4v) is 1.77. The Balaban J connectivity index is 2.69. The Kier molecular flexibility index (Phi) is 2.68. The van der Waals surface area contributed by atoms with Crippen LogP contribution in [0.4, 0.5) is 0 Å².